The average Bonchev–Trinajstić information content (AvgIpc) is 2.84. The SMILES string of the molecule is O=C(O)C1C(CC2CCCCC2)C(Cc2ccccc2)(C(=O)NOc2ccccc2)C1C(=O)O. The minimum atomic E-state index is -1.43. The van der Waals surface area contributed by atoms with Crippen LogP contribution in [0.2, 0.25) is 0 Å². The lowest BCUT2D eigenvalue weighted by Crippen LogP contribution is -2.69. The summed E-state index contributed by atoms with van der Waals surface area (Å²) in [5.74, 6) is -5.38. The fourth-order valence-electron chi connectivity index (χ4n) is 6.07. The molecule has 0 saturated heterocycles. The minimum Gasteiger partial charge on any atom is -0.481 e. The van der Waals surface area contributed by atoms with E-state index < -0.39 is 41.0 Å². The average molecular weight is 466 g/mol. The van der Waals surface area contributed by atoms with Crippen molar-refractivity contribution in [1.29, 1.82) is 0 Å². The maximum atomic E-state index is 13.8. The summed E-state index contributed by atoms with van der Waals surface area (Å²) in [6.07, 6.45) is 5.91. The van der Waals surface area contributed by atoms with Crippen molar-refractivity contribution in [3.05, 3.63) is 66.2 Å². The lowest BCUT2D eigenvalue weighted by Gasteiger charge is -2.57. The molecule has 2 aliphatic rings. The van der Waals surface area contributed by atoms with Crippen LogP contribution in [0.25, 0.3) is 0 Å². The van der Waals surface area contributed by atoms with Gasteiger partial charge in [0, 0.05) is 0 Å². The second-order valence-corrected chi connectivity index (χ2v) is 9.58. The predicted octanol–water partition coefficient (Wildman–Crippen LogP) is 4.33. The van der Waals surface area contributed by atoms with Crippen molar-refractivity contribution in [3.8, 4) is 5.75 Å². The summed E-state index contributed by atoms with van der Waals surface area (Å²) < 4.78 is 0. The number of para-hydroxylation sites is 1. The Kier molecular flexibility index (Phi) is 7.20. The summed E-state index contributed by atoms with van der Waals surface area (Å²) in [5, 5.41) is 20.2. The number of amides is 1. The number of nitrogens with one attached hydrogen (secondary N) is 1. The first kappa shape index (κ1) is 23.8. The third-order valence-electron chi connectivity index (χ3n) is 7.64. The Morgan fingerprint density at radius 1 is 0.882 bits per heavy atom. The van der Waals surface area contributed by atoms with E-state index in [9.17, 15) is 24.6 Å². The fraction of sp³-hybridized carbons (Fsp3) is 0.444. The molecule has 7 nitrogen and oxygen atoms in total. The molecule has 4 unspecified atom stereocenters. The van der Waals surface area contributed by atoms with E-state index >= 15 is 0 Å². The first-order valence-electron chi connectivity index (χ1n) is 12.0. The van der Waals surface area contributed by atoms with Crippen LogP contribution in [0.15, 0.2) is 60.7 Å². The van der Waals surface area contributed by atoms with Gasteiger partial charge in [-0.25, -0.2) is 0 Å². The zero-order valence-corrected chi connectivity index (χ0v) is 19.1. The number of hydrogen-bond acceptors (Lipinski definition) is 4. The smallest absolute Gasteiger partial charge is 0.308 e. The zero-order valence-electron chi connectivity index (χ0n) is 19.1. The Morgan fingerprint density at radius 3 is 2.09 bits per heavy atom. The molecule has 2 aromatic rings. The molecular formula is C27H31NO6. The van der Waals surface area contributed by atoms with Gasteiger partial charge in [0.1, 0.15) is 0 Å². The van der Waals surface area contributed by atoms with E-state index in [0.717, 1.165) is 37.7 Å². The van der Waals surface area contributed by atoms with E-state index in [4.69, 9.17) is 4.84 Å². The number of carboxylic acid groups (broad SMARTS) is 2. The largest absolute Gasteiger partial charge is 0.481 e. The monoisotopic (exact) mass is 465 g/mol. The van der Waals surface area contributed by atoms with Gasteiger partial charge in [0.25, 0.3) is 5.91 Å². The molecular weight excluding hydrogens is 434 g/mol. The highest BCUT2D eigenvalue weighted by molar-refractivity contribution is 5.95. The molecule has 34 heavy (non-hydrogen) atoms. The van der Waals surface area contributed by atoms with E-state index in [1.807, 2.05) is 36.4 Å². The maximum Gasteiger partial charge on any atom is 0.308 e. The van der Waals surface area contributed by atoms with Crippen molar-refractivity contribution in [2.75, 3.05) is 0 Å². The Labute approximate surface area is 199 Å². The van der Waals surface area contributed by atoms with Crippen LogP contribution in [-0.2, 0) is 20.8 Å². The first-order valence-corrected chi connectivity index (χ1v) is 12.0. The van der Waals surface area contributed by atoms with Crippen LogP contribution >= 0.6 is 0 Å². The van der Waals surface area contributed by atoms with Gasteiger partial charge in [-0.05, 0) is 42.4 Å². The molecule has 2 fully saturated rings. The Bertz CT molecular complexity index is 1000. The molecule has 4 atom stereocenters. The lowest BCUT2D eigenvalue weighted by atomic mass is 9.42. The van der Waals surface area contributed by atoms with Gasteiger partial charge in [0.15, 0.2) is 5.75 Å². The third kappa shape index (κ3) is 4.65. The molecule has 3 N–H and O–H groups in total. The van der Waals surface area contributed by atoms with E-state index in [2.05, 4.69) is 5.48 Å². The van der Waals surface area contributed by atoms with Gasteiger partial charge < -0.3 is 15.1 Å². The van der Waals surface area contributed by atoms with Crippen LogP contribution in [0.4, 0.5) is 0 Å². The third-order valence-corrected chi connectivity index (χ3v) is 7.64. The van der Waals surface area contributed by atoms with Gasteiger partial charge in [-0.3, -0.25) is 14.4 Å². The predicted molar refractivity (Wildman–Crippen MR) is 125 cm³/mol. The standard InChI is InChI=1S/C27H31NO6/c29-24(30)22-21(16-18-10-4-1-5-11-18)27(23(22)25(31)32,17-19-12-6-2-7-13-19)26(33)28-34-20-14-8-3-9-15-20/h2-3,6-9,12-15,18,21-23H,1,4-5,10-11,16-17H2,(H,28,33)(H,29,30)(H,31,32). The van der Waals surface area contributed by atoms with Gasteiger partial charge >= 0.3 is 11.9 Å². The topological polar surface area (TPSA) is 113 Å². The molecule has 2 aliphatic carbocycles. The van der Waals surface area contributed by atoms with Crippen molar-refractivity contribution in [1.82, 2.24) is 5.48 Å². The van der Waals surface area contributed by atoms with Gasteiger partial charge in [0.2, 0.25) is 0 Å². The normalized spacial score (nSPS) is 26.8. The number of carbonyl (C=O) groups excluding carboxylic acids is 1. The summed E-state index contributed by atoms with van der Waals surface area (Å²) in [5.41, 5.74) is 1.84. The van der Waals surface area contributed by atoms with Gasteiger partial charge in [-0.1, -0.05) is 80.6 Å². The van der Waals surface area contributed by atoms with Crippen LogP contribution in [0.3, 0.4) is 0 Å². The van der Waals surface area contributed by atoms with E-state index in [1.165, 1.54) is 0 Å². The number of carbonyl (C=O) groups is 3. The molecule has 0 heterocycles. The summed E-state index contributed by atoms with van der Waals surface area (Å²) in [7, 11) is 0. The molecule has 2 saturated carbocycles. The van der Waals surface area contributed by atoms with Crippen LogP contribution in [0.1, 0.15) is 44.1 Å². The Hall–Kier alpha value is -3.35. The highest BCUT2D eigenvalue weighted by Crippen LogP contribution is 2.61. The van der Waals surface area contributed by atoms with Crippen LogP contribution in [0.5, 0.6) is 5.75 Å². The number of benzene rings is 2. The fourth-order valence-corrected chi connectivity index (χ4v) is 6.07. The number of aliphatic carboxylic acids is 2. The molecule has 1 amide bonds. The summed E-state index contributed by atoms with van der Waals surface area (Å²) in [6, 6.07) is 17.9. The second kappa shape index (κ2) is 10.3. The van der Waals surface area contributed by atoms with Gasteiger partial charge in [0.05, 0.1) is 17.3 Å². The van der Waals surface area contributed by atoms with E-state index in [0.29, 0.717) is 12.2 Å². The molecule has 7 heteroatoms. The number of carboxylic acids is 2. The lowest BCUT2D eigenvalue weighted by molar-refractivity contribution is -0.203. The summed E-state index contributed by atoms with van der Waals surface area (Å²) >= 11 is 0. The molecule has 0 bridgehead atoms. The minimum absolute atomic E-state index is 0.135. The highest BCUT2D eigenvalue weighted by Gasteiger charge is 2.71. The molecule has 0 aromatic heterocycles. The van der Waals surface area contributed by atoms with Crippen LogP contribution in [-0.4, -0.2) is 28.1 Å². The Morgan fingerprint density at radius 2 is 1.50 bits per heavy atom. The van der Waals surface area contributed by atoms with E-state index in [-0.39, 0.29) is 12.3 Å². The molecule has 4 rings (SSSR count). The molecule has 2 aromatic carbocycles. The Balaban J connectivity index is 1.71. The maximum absolute atomic E-state index is 13.8. The first-order chi connectivity index (χ1) is 16.4. The van der Waals surface area contributed by atoms with Crippen LogP contribution in [0, 0.1) is 29.1 Å². The molecule has 0 radical (unpaired) electrons. The van der Waals surface area contributed by atoms with Crippen molar-refractivity contribution in [3.63, 3.8) is 0 Å². The van der Waals surface area contributed by atoms with Crippen LogP contribution < -0.4 is 10.3 Å². The van der Waals surface area contributed by atoms with Crippen molar-refractivity contribution in [2.45, 2.75) is 44.9 Å². The van der Waals surface area contributed by atoms with Crippen molar-refractivity contribution >= 4 is 17.8 Å². The number of hydroxylamine groups is 1. The van der Waals surface area contributed by atoms with Crippen molar-refractivity contribution in [2.24, 2.45) is 29.1 Å². The molecule has 180 valence electrons. The second-order valence-electron chi connectivity index (χ2n) is 9.58. The summed E-state index contributed by atoms with van der Waals surface area (Å²) in [4.78, 5) is 44.0. The van der Waals surface area contributed by atoms with Gasteiger partial charge in [-0.15, -0.1) is 0 Å². The number of rotatable bonds is 9. The molecule has 0 spiro atoms. The van der Waals surface area contributed by atoms with E-state index in [1.54, 1.807) is 24.3 Å². The zero-order chi connectivity index (χ0) is 24.1. The molecule has 0 aliphatic heterocycles. The quantitative estimate of drug-likeness (QED) is 0.475. The summed E-state index contributed by atoms with van der Waals surface area (Å²) in [6.45, 7) is 0. The highest BCUT2D eigenvalue weighted by atomic mass is 16.7. The van der Waals surface area contributed by atoms with Crippen molar-refractivity contribution < 1.29 is 29.4 Å². The van der Waals surface area contributed by atoms with Gasteiger partial charge in [-0.2, -0.15) is 5.48 Å². The number of hydrogen-bond donors (Lipinski definition) is 3.